The van der Waals surface area contributed by atoms with E-state index in [0.717, 1.165) is 39.1 Å². The Morgan fingerprint density at radius 1 is 1.04 bits per heavy atom. The third kappa shape index (κ3) is 5.84. The van der Waals surface area contributed by atoms with Crippen molar-refractivity contribution in [3.63, 3.8) is 0 Å². The van der Waals surface area contributed by atoms with Crippen molar-refractivity contribution < 1.29 is 9.59 Å². The van der Waals surface area contributed by atoms with Crippen LogP contribution in [-0.4, -0.2) is 72.3 Å². The molecule has 0 radical (unpaired) electrons. The Bertz CT molecular complexity index is 572. The van der Waals surface area contributed by atoms with Crippen molar-refractivity contribution in [3.8, 4) is 0 Å². The van der Waals surface area contributed by atoms with Gasteiger partial charge in [0.05, 0.1) is 6.54 Å². The summed E-state index contributed by atoms with van der Waals surface area (Å²) in [6.45, 7) is 11.3. The molecule has 1 aliphatic rings. The Morgan fingerprint density at radius 3 is 2.38 bits per heavy atom. The fourth-order valence-corrected chi connectivity index (χ4v) is 3.54. The number of benzene rings is 1. The number of rotatable bonds is 7. The Hall–Kier alpha value is -1.88. The average molecular weight is 360 g/mol. The number of hydrogen-bond donors (Lipinski definition) is 0. The highest BCUT2D eigenvalue weighted by molar-refractivity contribution is 5.78. The summed E-state index contributed by atoms with van der Waals surface area (Å²) in [4.78, 5) is 31.0. The first-order chi connectivity index (χ1) is 12.5. The lowest BCUT2D eigenvalue weighted by atomic mass is 9.97. The summed E-state index contributed by atoms with van der Waals surface area (Å²) in [6.07, 6.45) is 1.47. The fraction of sp³-hybridized carbons (Fsp3) is 0.619. The van der Waals surface area contributed by atoms with Gasteiger partial charge >= 0.3 is 0 Å². The molecule has 1 unspecified atom stereocenters. The summed E-state index contributed by atoms with van der Waals surface area (Å²) in [7, 11) is 0. The van der Waals surface area contributed by atoms with Crippen molar-refractivity contribution in [1.82, 2.24) is 14.7 Å². The van der Waals surface area contributed by atoms with E-state index in [1.54, 1.807) is 0 Å². The largest absolute Gasteiger partial charge is 0.342 e. The molecule has 26 heavy (non-hydrogen) atoms. The Labute approximate surface area is 158 Å². The SMILES string of the molecule is CCN(CC)C(=O)CN1CCCN(C(=O)CC(C)c2ccccc2)CC1. The van der Waals surface area contributed by atoms with E-state index in [4.69, 9.17) is 0 Å². The van der Waals surface area contributed by atoms with Crippen molar-refractivity contribution in [2.75, 3.05) is 45.8 Å². The first-order valence-corrected chi connectivity index (χ1v) is 9.88. The molecule has 1 aromatic carbocycles. The van der Waals surface area contributed by atoms with E-state index in [1.807, 2.05) is 41.8 Å². The molecule has 1 fully saturated rings. The zero-order valence-electron chi connectivity index (χ0n) is 16.5. The van der Waals surface area contributed by atoms with Crippen molar-refractivity contribution in [1.29, 1.82) is 0 Å². The van der Waals surface area contributed by atoms with E-state index in [0.29, 0.717) is 19.5 Å². The number of carbonyl (C=O) groups is 2. The summed E-state index contributed by atoms with van der Waals surface area (Å²) in [5.74, 6) is 0.637. The number of hydrogen-bond acceptors (Lipinski definition) is 3. The molecule has 0 spiro atoms. The van der Waals surface area contributed by atoms with Crippen LogP contribution in [-0.2, 0) is 9.59 Å². The molecule has 0 aliphatic carbocycles. The number of amides is 2. The lowest BCUT2D eigenvalue weighted by molar-refractivity contribution is -0.132. The van der Waals surface area contributed by atoms with E-state index in [2.05, 4.69) is 24.0 Å². The van der Waals surface area contributed by atoms with Gasteiger partial charge < -0.3 is 9.80 Å². The summed E-state index contributed by atoms with van der Waals surface area (Å²) < 4.78 is 0. The fourth-order valence-electron chi connectivity index (χ4n) is 3.54. The van der Waals surface area contributed by atoms with Gasteiger partial charge in [0, 0.05) is 45.7 Å². The highest BCUT2D eigenvalue weighted by atomic mass is 16.2. The molecule has 2 amide bonds. The zero-order valence-corrected chi connectivity index (χ0v) is 16.5. The van der Waals surface area contributed by atoms with Crippen LogP contribution >= 0.6 is 0 Å². The van der Waals surface area contributed by atoms with Gasteiger partial charge in [0.2, 0.25) is 11.8 Å². The van der Waals surface area contributed by atoms with Crippen LogP contribution in [0.2, 0.25) is 0 Å². The average Bonchev–Trinajstić information content (AvgIpc) is 2.89. The predicted molar refractivity (Wildman–Crippen MR) is 105 cm³/mol. The molecule has 0 aromatic heterocycles. The standard InChI is InChI=1S/C21H33N3O2/c1-4-23(5-2)21(26)17-22-12-9-13-24(15-14-22)20(25)16-18(3)19-10-7-6-8-11-19/h6-8,10-11,18H,4-5,9,12-17H2,1-3H3. The topological polar surface area (TPSA) is 43.9 Å². The monoisotopic (exact) mass is 359 g/mol. The van der Waals surface area contributed by atoms with Crippen LogP contribution in [0.4, 0.5) is 0 Å². The molecule has 144 valence electrons. The second-order valence-electron chi connectivity index (χ2n) is 7.09. The second kappa shape index (κ2) is 10.3. The summed E-state index contributed by atoms with van der Waals surface area (Å²) in [5.41, 5.74) is 1.21. The minimum atomic E-state index is 0.187. The Balaban J connectivity index is 1.83. The summed E-state index contributed by atoms with van der Waals surface area (Å²) in [5, 5.41) is 0. The molecule has 5 nitrogen and oxygen atoms in total. The van der Waals surface area contributed by atoms with Crippen LogP contribution in [0.15, 0.2) is 30.3 Å². The maximum atomic E-state index is 12.7. The second-order valence-corrected chi connectivity index (χ2v) is 7.09. The lowest BCUT2D eigenvalue weighted by Gasteiger charge is -2.25. The van der Waals surface area contributed by atoms with E-state index in [1.165, 1.54) is 5.56 Å². The number of likely N-dealkylation sites (N-methyl/N-ethyl adjacent to an activating group) is 1. The van der Waals surface area contributed by atoms with Crippen molar-refractivity contribution in [2.45, 2.75) is 39.5 Å². The maximum absolute atomic E-state index is 12.7. The van der Waals surface area contributed by atoms with Gasteiger partial charge in [-0.2, -0.15) is 0 Å². The molecule has 0 N–H and O–H groups in total. The van der Waals surface area contributed by atoms with E-state index in [-0.39, 0.29) is 17.7 Å². The van der Waals surface area contributed by atoms with Crippen LogP contribution in [0.1, 0.15) is 45.1 Å². The number of carbonyl (C=O) groups excluding carboxylic acids is 2. The van der Waals surface area contributed by atoms with Crippen molar-refractivity contribution in [3.05, 3.63) is 35.9 Å². The molecule has 5 heteroatoms. The third-order valence-electron chi connectivity index (χ3n) is 5.27. The van der Waals surface area contributed by atoms with Gasteiger partial charge in [-0.1, -0.05) is 37.3 Å². The lowest BCUT2D eigenvalue weighted by Crippen LogP contribution is -2.42. The molecule has 2 rings (SSSR count). The quantitative estimate of drug-likeness (QED) is 0.752. The smallest absolute Gasteiger partial charge is 0.236 e. The van der Waals surface area contributed by atoms with Crippen LogP contribution < -0.4 is 0 Å². The van der Waals surface area contributed by atoms with Crippen LogP contribution in [0.25, 0.3) is 0 Å². The van der Waals surface area contributed by atoms with Gasteiger partial charge in [-0.05, 0) is 31.7 Å². The minimum Gasteiger partial charge on any atom is -0.342 e. The van der Waals surface area contributed by atoms with Gasteiger partial charge in [0.15, 0.2) is 0 Å². The maximum Gasteiger partial charge on any atom is 0.236 e. The molecule has 1 saturated heterocycles. The first-order valence-electron chi connectivity index (χ1n) is 9.88. The third-order valence-corrected chi connectivity index (χ3v) is 5.27. The van der Waals surface area contributed by atoms with E-state index >= 15 is 0 Å². The van der Waals surface area contributed by atoms with Gasteiger partial charge in [0.25, 0.3) is 0 Å². The molecule has 0 saturated carbocycles. The van der Waals surface area contributed by atoms with E-state index < -0.39 is 0 Å². The number of nitrogens with zero attached hydrogens (tertiary/aromatic N) is 3. The van der Waals surface area contributed by atoms with Crippen LogP contribution in [0.5, 0.6) is 0 Å². The van der Waals surface area contributed by atoms with Crippen LogP contribution in [0, 0.1) is 0 Å². The predicted octanol–water partition coefficient (Wildman–Crippen LogP) is 2.58. The Kier molecular flexibility index (Phi) is 8.10. The molecule has 1 heterocycles. The van der Waals surface area contributed by atoms with Gasteiger partial charge in [-0.15, -0.1) is 0 Å². The molecular weight excluding hydrogens is 326 g/mol. The van der Waals surface area contributed by atoms with Crippen LogP contribution in [0.3, 0.4) is 0 Å². The van der Waals surface area contributed by atoms with Gasteiger partial charge in [-0.25, -0.2) is 0 Å². The van der Waals surface area contributed by atoms with E-state index in [9.17, 15) is 9.59 Å². The normalized spacial score (nSPS) is 16.8. The molecule has 1 aliphatic heterocycles. The molecule has 0 bridgehead atoms. The minimum absolute atomic E-state index is 0.187. The Morgan fingerprint density at radius 2 is 1.73 bits per heavy atom. The zero-order chi connectivity index (χ0) is 18.9. The molecular formula is C21H33N3O2. The highest BCUT2D eigenvalue weighted by Gasteiger charge is 2.23. The molecule has 1 atom stereocenters. The van der Waals surface area contributed by atoms with Gasteiger partial charge in [0.1, 0.15) is 0 Å². The summed E-state index contributed by atoms with van der Waals surface area (Å²) >= 11 is 0. The first kappa shape index (κ1) is 20.4. The van der Waals surface area contributed by atoms with Crippen molar-refractivity contribution in [2.24, 2.45) is 0 Å². The molecule has 1 aromatic rings. The summed E-state index contributed by atoms with van der Waals surface area (Å²) in [6, 6.07) is 10.2. The van der Waals surface area contributed by atoms with Gasteiger partial charge in [-0.3, -0.25) is 14.5 Å². The van der Waals surface area contributed by atoms with Crippen molar-refractivity contribution >= 4 is 11.8 Å². The highest BCUT2D eigenvalue weighted by Crippen LogP contribution is 2.20.